The fraction of sp³-hybridized carbons (Fsp3) is 0.214. The van der Waals surface area contributed by atoms with Crippen molar-refractivity contribution in [1.29, 1.82) is 5.26 Å². The first-order valence-electron chi connectivity index (χ1n) is 5.81. The zero-order valence-electron chi connectivity index (χ0n) is 10.1. The fourth-order valence-electron chi connectivity index (χ4n) is 1.74. The van der Waals surface area contributed by atoms with Crippen molar-refractivity contribution in [2.75, 3.05) is 6.61 Å². The quantitative estimate of drug-likeness (QED) is 0.881. The molecule has 1 unspecified atom stereocenters. The summed E-state index contributed by atoms with van der Waals surface area (Å²) < 4.78 is 5.26. The molecule has 5 heteroatoms. The molecule has 1 aromatic carbocycles. The van der Waals surface area contributed by atoms with E-state index in [1.165, 1.54) is 0 Å². The number of halogens is 1. The maximum Gasteiger partial charge on any atom is 0.203 e. The van der Waals surface area contributed by atoms with E-state index in [0.717, 1.165) is 5.56 Å². The van der Waals surface area contributed by atoms with Gasteiger partial charge in [0, 0.05) is 5.02 Å². The minimum absolute atomic E-state index is 0.0343. The highest BCUT2D eigenvalue weighted by Crippen LogP contribution is 2.17. The van der Waals surface area contributed by atoms with Gasteiger partial charge >= 0.3 is 0 Å². The van der Waals surface area contributed by atoms with Gasteiger partial charge in [0.05, 0.1) is 19.2 Å². The monoisotopic (exact) mass is 276 g/mol. The van der Waals surface area contributed by atoms with Gasteiger partial charge in [0.15, 0.2) is 0 Å². The van der Waals surface area contributed by atoms with Crippen molar-refractivity contribution in [3.05, 3.63) is 58.5 Å². The topological polar surface area (TPSA) is 69.2 Å². The summed E-state index contributed by atoms with van der Waals surface area (Å²) >= 11 is 5.82. The van der Waals surface area contributed by atoms with Crippen molar-refractivity contribution < 1.29 is 9.52 Å². The van der Waals surface area contributed by atoms with Crippen LogP contribution in [0.5, 0.6) is 0 Å². The van der Waals surface area contributed by atoms with Gasteiger partial charge in [0.2, 0.25) is 5.76 Å². The lowest BCUT2D eigenvalue weighted by molar-refractivity contribution is 0.241. The molecule has 1 aromatic heterocycles. The van der Waals surface area contributed by atoms with Crippen LogP contribution >= 0.6 is 11.6 Å². The minimum atomic E-state index is -0.201. The Balaban J connectivity index is 1.99. The molecule has 0 spiro atoms. The molecule has 0 aliphatic carbocycles. The molecule has 0 aliphatic heterocycles. The summed E-state index contributed by atoms with van der Waals surface area (Å²) in [5, 5.41) is 21.9. The Hall–Kier alpha value is -1.80. The molecular formula is C14H13ClN2O2. The zero-order chi connectivity index (χ0) is 13.7. The van der Waals surface area contributed by atoms with Crippen molar-refractivity contribution in [3.63, 3.8) is 0 Å². The maximum atomic E-state index is 9.40. The van der Waals surface area contributed by atoms with E-state index in [-0.39, 0.29) is 18.4 Å². The van der Waals surface area contributed by atoms with Crippen LogP contribution in [0, 0.1) is 11.3 Å². The number of aliphatic hydroxyl groups excluding tert-OH is 1. The van der Waals surface area contributed by atoms with Gasteiger partial charge in [-0.2, -0.15) is 5.26 Å². The molecule has 1 atom stereocenters. The molecule has 98 valence electrons. The van der Waals surface area contributed by atoms with Gasteiger partial charge in [-0.3, -0.25) is 0 Å². The average Bonchev–Trinajstić information content (AvgIpc) is 2.89. The first kappa shape index (κ1) is 13.6. The van der Waals surface area contributed by atoms with Crippen LogP contribution in [-0.4, -0.2) is 11.7 Å². The number of nitriles is 1. The standard InChI is InChI=1S/C14H13ClN2O2/c15-11-3-1-10(2-4-11)14(9-18)17-8-13-6-5-12(7-16)19-13/h1-6,14,17-18H,8-9H2. The minimum Gasteiger partial charge on any atom is -0.449 e. The Morgan fingerprint density at radius 3 is 2.58 bits per heavy atom. The van der Waals surface area contributed by atoms with E-state index in [9.17, 15) is 5.11 Å². The van der Waals surface area contributed by atoms with Gasteiger partial charge in [-0.25, -0.2) is 0 Å². The average molecular weight is 277 g/mol. The summed E-state index contributed by atoms with van der Waals surface area (Å²) in [6, 6.07) is 12.4. The smallest absolute Gasteiger partial charge is 0.203 e. The maximum absolute atomic E-state index is 9.40. The second-order valence-corrected chi connectivity index (χ2v) is 4.48. The third kappa shape index (κ3) is 3.58. The summed E-state index contributed by atoms with van der Waals surface area (Å²) in [5.41, 5.74) is 0.943. The highest BCUT2D eigenvalue weighted by molar-refractivity contribution is 6.30. The van der Waals surface area contributed by atoms with Crippen LogP contribution in [0.25, 0.3) is 0 Å². The molecule has 0 amide bonds. The van der Waals surface area contributed by atoms with Gasteiger partial charge in [0.1, 0.15) is 11.8 Å². The van der Waals surface area contributed by atoms with Gasteiger partial charge in [-0.05, 0) is 29.8 Å². The number of rotatable bonds is 5. The summed E-state index contributed by atoms with van der Waals surface area (Å²) in [6.07, 6.45) is 0. The summed E-state index contributed by atoms with van der Waals surface area (Å²) in [5.74, 6) is 0.938. The lowest BCUT2D eigenvalue weighted by Gasteiger charge is -2.15. The third-order valence-corrected chi connectivity index (χ3v) is 3.00. The summed E-state index contributed by atoms with van der Waals surface area (Å²) in [7, 11) is 0. The third-order valence-electron chi connectivity index (χ3n) is 2.75. The van der Waals surface area contributed by atoms with Crippen LogP contribution in [-0.2, 0) is 6.54 Å². The highest BCUT2D eigenvalue weighted by Gasteiger charge is 2.10. The first-order chi connectivity index (χ1) is 9.22. The van der Waals surface area contributed by atoms with E-state index in [1.807, 2.05) is 18.2 Å². The normalized spacial score (nSPS) is 12.1. The molecule has 4 nitrogen and oxygen atoms in total. The molecule has 0 fully saturated rings. The second-order valence-electron chi connectivity index (χ2n) is 4.05. The largest absolute Gasteiger partial charge is 0.449 e. The molecule has 19 heavy (non-hydrogen) atoms. The van der Waals surface area contributed by atoms with Crippen molar-refractivity contribution in [2.24, 2.45) is 0 Å². The zero-order valence-corrected chi connectivity index (χ0v) is 10.9. The number of furan rings is 1. The van der Waals surface area contributed by atoms with Crippen LogP contribution < -0.4 is 5.32 Å². The van der Waals surface area contributed by atoms with E-state index in [1.54, 1.807) is 24.3 Å². The summed E-state index contributed by atoms with van der Waals surface area (Å²) in [6.45, 7) is 0.406. The van der Waals surface area contributed by atoms with E-state index in [2.05, 4.69) is 5.32 Å². The lowest BCUT2D eigenvalue weighted by atomic mass is 10.1. The van der Waals surface area contributed by atoms with E-state index < -0.39 is 0 Å². The highest BCUT2D eigenvalue weighted by atomic mass is 35.5. The number of nitrogens with zero attached hydrogens (tertiary/aromatic N) is 1. The first-order valence-corrected chi connectivity index (χ1v) is 6.19. The number of nitrogens with one attached hydrogen (secondary N) is 1. The molecule has 2 N–H and O–H groups in total. The number of benzene rings is 1. The second kappa shape index (κ2) is 6.39. The van der Waals surface area contributed by atoms with Crippen molar-refractivity contribution >= 4 is 11.6 Å². The molecule has 0 bridgehead atoms. The Bertz CT molecular complexity index is 572. The molecule has 0 aliphatic rings. The predicted octanol–water partition coefficient (Wildman–Crippen LogP) is 2.63. The molecule has 1 heterocycles. The summed E-state index contributed by atoms with van der Waals surface area (Å²) in [4.78, 5) is 0. The Labute approximate surface area is 116 Å². The van der Waals surface area contributed by atoms with Crippen LogP contribution in [0.3, 0.4) is 0 Å². The van der Waals surface area contributed by atoms with Crippen LogP contribution in [0.1, 0.15) is 23.1 Å². The molecular weight excluding hydrogens is 264 g/mol. The number of hydrogen-bond donors (Lipinski definition) is 2. The Morgan fingerprint density at radius 2 is 2.00 bits per heavy atom. The van der Waals surface area contributed by atoms with Crippen molar-refractivity contribution in [2.45, 2.75) is 12.6 Å². The predicted molar refractivity (Wildman–Crippen MR) is 71.5 cm³/mol. The lowest BCUT2D eigenvalue weighted by Crippen LogP contribution is -2.23. The van der Waals surface area contributed by atoms with Crippen LogP contribution in [0.2, 0.25) is 5.02 Å². The van der Waals surface area contributed by atoms with Gasteiger partial charge in [-0.15, -0.1) is 0 Å². The van der Waals surface area contributed by atoms with Gasteiger partial charge in [-0.1, -0.05) is 23.7 Å². The SMILES string of the molecule is N#Cc1ccc(CNC(CO)c2ccc(Cl)cc2)o1. The fourth-order valence-corrected chi connectivity index (χ4v) is 1.87. The molecule has 2 aromatic rings. The molecule has 0 saturated carbocycles. The Morgan fingerprint density at radius 1 is 1.26 bits per heavy atom. The molecule has 2 rings (SSSR count). The number of hydrogen-bond acceptors (Lipinski definition) is 4. The molecule has 0 radical (unpaired) electrons. The van der Waals surface area contributed by atoms with E-state index in [0.29, 0.717) is 17.3 Å². The van der Waals surface area contributed by atoms with Crippen LogP contribution in [0.4, 0.5) is 0 Å². The van der Waals surface area contributed by atoms with Gasteiger partial charge in [0.25, 0.3) is 0 Å². The Kier molecular flexibility index (Phi) is 4.58. The van der Waals surface area contributed by atoms with Gasteiger partial charge < -0.3 is 14.8 Å². The van der Waals surface area contributed by atoms with E-state index >= 15 is 0 Å². The van der Waals surface area contributed by atoms with E-state index in [4.69, 9.17) is 21.3 Å². The van der Waals surface area contributed by atoms with Crippen molar-refractivity contribution in [1.82, 2.24) is 5.32 Å². The number of aliphatic hydroxyl groups is 1. The van der Waals surface area contributed by atoms with Crippen molar-refractivity contribution in [3.8, 4) is 6.07 Å². The van der Waals surface area contributed by atoms with Crippen LogP contribution in [0.15, 0.2) is 40.8 Å². The molecule has 0 saturated heterocycles.